The van der Waals surface area contributed by atoms with E-state index in [1.807, 2.05) is 42.1 Å². The summed E-state index contributed by atoms with van der Waals surface area (Å²) < 4.78 is 5.72. The summed E-state index contributed by atoms with van der Waals surface area (Å²) in [6.45, 7) is 2.81. The fraction of sp³-hybridized carbons (Fsp3) is 0.278. The molecule has 108 valence electrons. The highest BCUT2D eigenvalue weighted by atomic mass is 32.2. The lowest BCUT2D eigenvalue weighted by atomic mass is 10.2. The van der Waals surface area contributed by atoms with Gasteiger partial charge in [0.25, 0.3) is 0 Å². The number of nitriles is 1. The Morgan fingerprint density at radius 1 is 1.14 bits per heavy atom. The van der Waals surface area contributed by atoms with Crippen molar-refractivity contribution in [2.24, 2.45) is 0 Å². The first-order valence-electron chi connectivity index (χ1n) is 7.04. The van der Waals surface area contributed by atoms with Gasteiger partial charge in [-0.25, -0.2) is 0 Å². The second kappa shape index (κ2) is 8.39. The van der Waals surface area contributed by atoms with Gasteiger partial charge in [-0.1, -0.05) is 24.3 Å². The molecule has 0 atom stereocenters. The van der Waals surface area contributed by atoms with E-state index in [0.717, 1.165) is 35.8 Å². The number of hydrogen-bond acceptors (Lipinski definition) is 3. The molecule has 2 aromatic carbocycles. The lowest BCUT2D eigenvalue weighted by Crippen LogP contribution is -1.99. The largest absolute Gasteiger partial charge is 0.494 e. The zero-order chi connectivity index (χ0) is 14.9. The van der Waals surface area contributed by atoms with Crippen molar-refractivity contribution in [3.63, 3.8) is 0 Å². The topological polar surface area (TPSA) is 33.0 Å². The molecule has 2 aromatic rings. The van der Waals surface area contributed by atoms with Gasteiger partial charge in [-0.3, -0.25) is 0 Å². The van der Waals surface area contributed by atoms with E-state index in [2.05, 4.69) is 31.2 Å². The third-order valence-corrected chi connectivity index (χ3v) is 4.13. The maximum Gasteiger partial charge on any atom is 0.119 e. The summed E-state index contributed by atoms with van der Waals surface area (Å²) in [6, 6.07) is 18.1. The molecular weight excluding hydrogens is 278 g/mol. The Labute approximate surface area is 130 Å². The van der Waals surface area contributed by atoms with Gasteiger partial charge in [-0.05, 0) is 54.5 Å². The molecule has 0 aliphatic heterocycles. The van der Waals surface area contributed by atoms with Crippen molar-refractivity contribution in [2.45, 2.75) is 19.1 Å². The van der Waals surface area contributed by atoms with E-state index in [9.17, 15) is 0 Å². The third kappa shape index (κ3) is 5.53. The van der Waals surface area contributed by atoms with Crippen molar-refractivity contribution in [3.05, 3.63) is 65.2 Å². The van der Waals surface area contributed by atoms with Gasteiger partial charge in [0.05, 0.1) is 18.2 Å². The van der Waals surface area contributed by atoms with Gasteiger partial charge in [-0.15, -0.1) is 0 Å². The standard InChI is InChI=1S/C18H19NOS/c1-15-5-2-8-18(11-15)20-9-4-10-21-14-17-7-3-6-16(12-17)13-19/h2-3,5-8,11-12H,4,9-10,14H2,1H3. The molecule has 0 saturated carbocycles. The fourth-order valence-electron chi connectivity index (χ4n) is 1.98. The summed E-state index contributed by atoms with van der Waals surface area (Å²) in [5, 5.41) is 8.86. The second-order valence-corrected chi connectivity index (χ2v) is 5.99. The van der Waals surface area contributed by atoms with Crippen LogP contribution in [0.1, 0.15) is 23.1 Å². The van der Waals surface area contributed by atoms with Crippen LogP contribution in [0.15, 0.2) is 48.5 Å². The molecular formula is C18H19NOS. The molecule has 0 saturated heterocycles. The highest BCUT2D eigenvalue weighted by molar-refractivity contribution is 7.98. The Hall–Kier alpha value is -1.92. The number of benzene rings is 2. The molecule has 2 rings (SSSR count). The van der Waals surface area contributed by atoms with Crippen LogP contribution < -0.4 is 4.74 Å². The van der Waals surface area contributed by atoms with Gasteiger partial charge in [0.1, 0.15) is 5.75 Å². The van der Waals surface area contributed by atoms with E-state index >= 15 is 0 Å². The molecule has 0 fully saturated rings. The van der Waals surface area contributed by atoms with Gasteiger partial charge >= 0.3 is 0 Å². The smallest absolute Gasteiger partial charge is 0.119 e. The Balaban J connectivity index is 1.63. The highest BCUT2D eigenvalue weighted by Crippen LogP contribution is 2.16. The molecule has 0 unspecified atom stereocenters. The average molecular weight is 297 g/mol. The summed E-state index contributed by atoms with van der Waals surface area (Å²) in [5.41, 5.74) is 3.16. The van der Waals surface area contributed by atoms with Crippen LogP contribution in [-0.4, -0.2) is 12.4 Å². The van der Waals surface area contributed by atoms with Crippen LogP contribution in [0.25, 0.3) is 0 Å². The van der Waals surface area contributed by atoms with Crippen molar-refractivity contribution in [1.82, 2.24) is 0 Å². The Morgan fingerprint density at radius 2 is 2.00 bits per heavy atom. The minimum Gasteiger partial charge on any atom is -0.494 e. The minimum absolute atomic E-state index is 0.732. The molecule has 0 spiro atoms. The van der Waals surface area contributed by atoms with Crippen LogP contribution in [0, 0.1) is 18.3 Å². The fourth-order valence-corrected chi connectivity index (χ4v) is 2.86. The molecule has 3 heteroatoms. The molecule has 0 bridgehead atoms. The van der Waals surface area contributed by atoms with Gasteiger partial charge < -0.3 is 4.74 Å². The predicted octanol–water partition coefficient (Wildman–Crippen LogP) is 4.57. The van der Waals surface area contributed by atoms with E-state index in [4.69, 9.17) is 10.00 Å². The van der Waals surface area contributed by atoms with E-state index in [-0.39, 0.29) is 0 Å². The average Bonchev–Trinajstić information content (AvgIpc) is 2.51. The van der Waals surface area contributed by atoms with Crippen molar-refractivity contribution in [3.8, 4) is 11.8 Å². The van der Waals surface area contributed by atoms with Crippen molar-refractivity contribution in [2.75, 3.05) is 12.4 Å². The molecule has 21 heavy (non-hydrogen) atoms. The van der Waals surface area contributed by atoms with Crippen LogP contribution in [0.3, 0.4) is 0 Å². The van der Waals surface area contributed by atoms with Crippen molar-refractivity contribution in [1.29, 1.82) is 5.26 Å². The third-order valence-electron chi connectivity index (χ3n) is 3.02. The number of thioether (sulfide) groups is 1. The maximum atomic E-state index is 8.86. The summed E-state index contributed by atoms with van der Waals surface area (Å²) in [7, 11) is 0. The molecule has 2 nitrogen and oxygen atoms in total. The van der Waals surface area contributed by atoms with Crippen LogP contribution >= 0.6 is 11.8 Å². The monoisotopic (exact) mass is 297 g/mol. The SMILES string of the molecule is Cc1cccc(OCCCSCc2cccc(C#N)c2)c1. The first-order valence-corrected chi connectivity index (χ1v) is 8.19. The van der Waals surface area contributed by atoms with Crippen molar-refractivity contribution < 1.29 is 4.74 Å². The lowest BCUT2D eigenvalue weighted by Gasteiger charge is -2.07. The number of nitrogens with zero attached hydrogens (tertiary/aromatic N) is 1. The zero-order valence-electron chi connectivity index (χ0n) is 12.2. The summed E-state index contributed by atoms with van der Waals surface area (Å²) >= 11 is 1.87. The minimum atomic E-state index is 0.732. The number of hydrogen-bond donors (Lipinski definition) is 0. The lowest BCUT2D eigenvalue weighted by molar-refractivity contribution is 0.318. The highest BCUT2D eigenvalue weighted by Gasteiger charge is 1.97. The Kier molecular flexibility index (Phi) is 6.18. The Morgan fingerprint density at radius 3 is 2.81 bits per heavy atom. The summed E-state index contributed by atoms with van der Waals surface area (Å²) in [5.74, 6) is 2.95. The molecule has 0 aromatic heterocycles. The van der Waals surface area contributed by atoms with Gasteiger partial charge in [0.2, 0.25) is 0 Å². The van der Waals surface area contributed by atoms with Gasteiger partial charge in [-0.2, -0.15) is 17.0 Å². The van der Waals surface area contributed by atoms with Crippen LogP contribution in [0.4, 0.5) is 0 Å². The number of rotatable bonds is 7. The van der Waals surface area contributed by atoms with E-state index in [1.54, 1.807) is 0 Å². The number of ether oxygens (including phenoxy) is 1. The molecule has 0 heterocycles. The van der Waals surface area contributed by atoms with Gasteiger partial charge in [0, 0.05) is 5.75 Å². The number of aryl methyl sites for hydroxylation is 1. The molecule has 0 aliphatic carbocycles. The maximum absolute atomic E-state index is 8.86. The Bertz CT molecular complexity index is 619. The van der Waals surface area contributed by atoms with Crippen LogP contribution in [0.2, 0.25) is 0 Å². The molecule has 0 amide bonds. The van der Waals surface area contributed by atoms with E-state index in [0.29, 0.717) is 0 Å². The van der Waals surface area contributed by atoms with E-state index < -0.39 is 0 Å². The van der Waals surface area contributed by atoms with Crippen LogP contribution in [0.5, 0.6) is 5.75 Å². The quantitative estimate of drug-likeness (QED) is 0.702. The first kappa shape index (κ1) is 15.5. The summed E-state index contributed by atoms with van der Waals surface area (Å²) in [6.07, 6.45) is 1.02. The molecule has 0 radical (unpaired) electrons. The second-order valence-electron chi connectivity index (χ2n) is 4.88. The van der Waals surface area contributed by atoms with E-state index in [1.165, 1.54) is 11.1 Å². The molecule has 0 N–H and O–H groups in total. The van der Waals surface area contributed by atoms with Crippen LogP contribution in [-0.2, 0) is 5.75 Å². The zero-order valence-corrected chi connectivity index (χ0v) is 13.0. The normalized spacial score (nSPS) is 10.1. The van der Waals surface area contributed by atoms with Crippen molar-refractivity contribution >= 4 is 11.8 Å². The summed E-state index contributed by atoms with van der Waals surface area (Å²) in [4.78, 5) is 0. The first-order chi connectivity index (χ1) is 10.3. The molecule has 0 aliphatic rings. The van der Waals surface area contributed by atoms with Gasteiger partial charge in [0.15, 0.2) is 0 Å². The predicted molar refractivity (Wildman–Crippen MR) is 88.6 cm³/mol.